The Kier molecular flexibility index (Phi) is 5.23. The zero-order valence-electron chi connectivity index (χ0n) is 19.2. The predicted octanol–water partition coefficient (Wildman–Crippen LogP) is 4.49. The lowest BCUT2D eigenvalue weighted by Gasteiger charge is -2.26. The van der Waals surface area contributed by atoms with Crippen molar-refractivity contribution < 1.29 is 8.42 Å². The summed E-state index contributed by atoms with van der Waals surface area (Å²) < 4.78 is 25.3. The van der Waals surface area contributed by atoms with Crippen molar-refractivity contribution >= 4 is 26.7 Å². The first kappa shape index (κ1) is 21.6. The lowest BCUT2D eigenvalue weighted by Crippen LogP contribution is -2.20. The SMILES string of the molecule is Cc1n[nH]c(C)c1-c1cc2c(N[C@@H](c3ccc4c(c3)S(=O)(=O)CCC4)C(C)C)ncnc2[nH]1. The predicted molar refractivity (Wildman–Crippen MR) is 129 cm³/mol. The molecule has 4 heterocycles. The van der Waals surface area contributed by atoms with Gasteiger partial charge in [0.2, 0.25) is 0 Å². The Morgan fingerprint density at radius 3 is 2.67 bits per heavy atom. The van der Waals surface area contributed by atoms with E-state index in [1.165, 1.54) is 6.33 Å². The topological polar surface area (TPSA) is 116 Å². The van der Waals surface area contributed by atoms with Gasteiger partial charge in [0.25, 0.3) is 0 Å². The molecular weight excluding hydrogens is 436 g/mol. The average molecular weight is 465 g/mol. The maximum Gasteiger partial charge on any atom is 0.178 e. The smallest absolute Gasteiger partial charge is 0.178 e. The van der Waals surface area contributed by atoms with Crippen molar-refractivity contribution in [3.8, 4) is 11.3 Å². The van der Waals surface area contributed by atoms with Gasteiger partial charge in [0.05, 0.1) is 33.5 Å². The number of hydrogen-bond donors (Lipinski definition) is 3. The molecule has 0 radical (unpaired) electrons. The van der Waals surface area contributed by atoms with Crippen LogP contribution in [0.25, 0.3) is 22.3 Å². The highest BCUT2D eigenvalue weighted by atomic mass is 32.2. The minimum absolute atomic E-state index is 0.110. The van der Waals surface area contributed by atoms with Gasteiger partial charge >= 0.3 is 0 Å². The largest absolute Gasteiger partial charge is 0.362 e. The highest BCUT2D eigenvalue weighted by Gasteiger charge is 2.26. The van der Waals surface area contributed by atoms with Crippen molar-refractivity contribution in [2.75, 3.05) is 11.1 Å². The normalized spacial score (nSPS) is 16.2. The fourth-order valence-corrected chi connectivity index (χ4v) is 6.37. The summed E-state index contributed by atoms with van der Waals surface area (Å²) in [6.45, 7) is 8.19. The van der Waals surface area contributed by atoms with Crippen LogP contribution < -0.4 is 5.32 Å². The summed E-state index contributed by atoms with van der Waals surface area (Å²) in [4.78, 5) is 12.8. The molecule has 0 unspecified atom stereocenters. The highest BCUT2D eigenvalue weighted by Crippen LogP contribution is 2.35. The lowest BCUT2D eigenvalue weighted by molar-refractivity contribution is 0.542. The van der Waals surface area contributed by atoms with Gasteiger partial charge < -0.3 is 10.3 Å². The van der Waals surface area contributed by atoms with E-state index in [0.717, 1.165) is 51.2 Å². The molecule has 9 heteroatoms. The zero-order valence-corrected chi connectivity index (χ0v) is 20.0. The molecule has 172 valence electrons. The van der Waals surface area contributed by atoms with Crippen molar-refractivity contribution in [3.63, 3.8) is 0 Å². The van der Waals surface area contributed by atoms with Gasteiger partial charge in [0.1, 0.15) is 17.8 Å². The van der Waals surface area contributed by atoms with Gasteiger partial charge in [-0.05, 0) is 55.9 Å². The van der Waals surface area contributed by atoms with E-state index in [1.54, 1.807) is 0 Å². The van der Waals surface area contributed by atoms with Gasteiger partial charge in [0.15, 0.2) is 9.84 Å². The number of aryl methyl sites for hydroxylation is 3. The molecule has 0 fully saturated rings. The molecule has 1 aromatic carbocycles. The summed E-state index contributed by atoms with van der Waals surface area (Å²) in [5.41, 5.74) is 6.44. The molecule has 0 bridgehead atoms. The maximum atomic E-state index is 12.7. The molecule has 4 aromatic rings. The zero-order chi connectivity index (χ0) is 23.3. The summed E-state index contributed by atoms with van der Waals surface area (Å²) >= 11 is 0. The molecule has 0 saturated heterocycles. The first-order chi connectivity index (χ1) is 15.7. The quantitative estimate of drug-likeness (QED) is 0.401. The monoisotopic (exact) mass is 464 g/mol. The van der Waals surface area contributed by atoms with E-state index in [-0.39, 0.29) is 17.7 Å². The second-order valence-corrected chi connectivity index (χ2v) is 11.2. The Hall–Kier alpha value is -3.20. The minimum atomic E-state index is -3.23. The van der Waals surface area contributed by atoms with Gasteiger partial charge in [0, 0.05) is 11.3 Å². The number of H-pyrrole nitrogens is 2. The summed E-state index contributed by atoms with van der Waals surface area (Å²) in [5.74, 6) is 1.13. The van der Waals surface area contributed by atoms with Gasteiger partial charge in [-0.1, -0.05) is 26.0 Å². The summed E-state index contributed by atoms with van der Waals surface area (Å²) in [6.07, 6.45) is 3.03. The number of nitrogens with zero attached hydrogens (tertiary/aromatic N) is 3. The maximum absolute atomic E-state index is 12.7. The van der Waals surface area contributed by atoms with E-state index in [1.807, 2.05) is 38.1 Å². The van der Waals surface area contributed by atoms with Gasteiger partial charge in [-0.2, -0.15) is 5.10 Å². The third-order valence-electron chi connectivity index (χ3n) is 6.43. The summed E-state index contributed by atoms with van der Waals surface area (Å²) in [5, 5.41) is 11.8. The number of fused-ring (bicyclic) bond motifs is 2. The van der Waals surface area contributed by atoms with Crippen LogP contribution in [0.2, 0.25) is 0 Å². The number of sulfone groups is 1. The molecule has 0 amide bonds. The highest BCUT2D eigenvalue weighted by molar-refractivity contribution is 7.91. The van der Waals surface area contributed by atoms with E-state index in [9.17, 15) is 8.42 Å². The van der Waals surface area contributed by atoms with Crippen LogP contribution in [-0.4, -0.2) is 39.3 Å². The fraction of sp³-hybridized carbons (Fsp3) is 0.375. The van der Waals surface area contributed by atoms with Crippen molar-refractivity contribution in [3.05, 3.63) is 53.1 Å². The Labute approximate surface area is 193 Å². The van der Waals surface area contributed by atoms with Crippen LogP contribution in [0.5, 0.6) is 0 Å². The molecule has 0 saturated carbocycles. The van der Waals surface area contributed by atoms with E-state index < -0.39 is 9.84 Å². The molecule has 3 N–H and O–H groups in total. The number of hydrogen-bond acceptors (Lipinski definition) is 6. The van der Waals surface area contributed by atoms with E-state index in [4.69, 9.17) is 0 Å². The van der Waals surface area contributed by atoms with Crippen LogP contribution >= 0.6 is 0 Å². The van der Waals surface area contributed by atoms with Crippen LogP contribution in [0.3, 0.4) is 0 Å². The van der Waals surface area contributed by atoms with Crippen LogP contribution in [0.1, 0.15) is 48.8 Å². The summed E-state index contributed by atoms with van der Waals surface area (Å²) in [6, 6.07) is 7.78. The molecule has 1 aliphatic heterocycles. The number of aromatic amines is 2. The van der Waals surface area contributed by atoms with Crippen molar-refractivity contribution in [2.24, 2.45) is 5.92 Å². The molecule has 8 nitrogen and oxygen atoms in total. The number of aromatic nitrogens is 5. The fourth-order valence-electron chi connectivity index (χ4n) is 4.74. The molecular formula is C24H28N6O2S. The molecule has 0 spiro atoms. The lowest BCUT2D eigenvalue weighted by atomic mass is 9.94. The van der Waals surface area contributed by atoms with Gasteiger partial charge in [-0.3, -0.25) is 5.10 Å². The Morgan fingerprint density at radius 2 is 1.94 bits per heavy atom. The van der Waals surface area contributed by atoms with Crippen LogP contribution in [0, 0.1) is 19.8 Å². The third kappa shape index (κ3) is 3.80. The Balaban J connectivity index is 1.55. The number of anilines is 1. The van der Waals surface area contributed by atoms with Gasteiger partial charge in [-0.15, -0.1) is 0 Å². The molecule has 1 atom stereocenters. The molecule has 1 aliphatic rings. The molecule has 33 heavy (non-hydrogen) atoms. The first-order valence-corrected chi connectivity index (χ1v) is 12.9. The van der Waals surface area contributed by atoms with Crippen LogP contribution in [0.4, 0.5) is 5.82 Å². The summed E-state index contributed by atoms with van der Waals surface area (Å²) in [7, 11) is -3.23. The molecule has 5 rings (SSSR count). The van der Waals surface area contributed by atoms with Crippen molar-refractivity contribution in [1.29, 1.82) is 0 Å². The molecule has 3 aromatic heterocycles. The minimum Gasteiger partial charge on any atom is -0.362 e. The second kappa shape index (κ2) is 7.98. The third-order valence-corrected chi connectivity index (χ3v) is 8.30. The van der Waals surface area contributed by atoms with E-state index in [0.29, 0.717) is 17.1 Å². The first-order valence-electron chi connectivity index (χ1n) is 11.2. The van der Waals surface area contributed by atoms with Crippen LogP contribution in [0.15, 0.2) is 35.5 Å². The Bertz CT molecular complexity index is 1430. The number of nitrogens with one attached hydrogen (secondary N) is 3. The molecule has 0 aliphatic carbocycles. The van der Waals surface area contributed by atoms with E-state index in [2.05, 4.69) is 44.3 Å². The van der Waals surface area contributed by atoms with Crippen molar-refractivity contribution in [2.45, 2.75) is 51.5 Å². The second-order valence-electron chi connectivity index (χ2n) is 9.13. The van der Waals surface area contributed by atoms with E-state index >= 15 is 0 Å². The average Bonchev–Trinajstić information content (AvgIpc) is 3.34. The standard InChI is InChI=1S/C24H28N6O2S/c1-13(2)22(17-8-7-16-6-5-9-33(31,32)20(16)10-17)28-24-18-11-19(27-23(18)25-12-26-24)21-14(3)29-30-15(21)4/h7-8,10-13,22H,5-6,9H2,1-4H3,(H,29,30)(H2,25,26,27,28)/t22-/m1/s1. The number of rotatable bonds is 5. The van der Waals surface area contributed by atoms with Crippen molar-refractivity contribution in [1.82, 2.24) is 25.1 Å². The van der Waals surface area contributed by atoms with Crippen LogP contribution in [-0.2, 0) is 16.3 Å². The Morgan fingerprint density at radius 1 is 1.12 bits per heavy atom. The van der Waals surface area contributed by atoms with Gasteiger partial charge in [-0.25, -0.2) is 18.4 Å². The number of benzene rings is 1.